The highest BCUT2D eigenvalue weighted by Gasteiger charge is 2.52. The molecular weight excluding hydrogens is 204 g/mol. The SMILES string of the molecule is CC(=O)C1CC(C(C)=O)[C@@]2(C)OC=C[C@H]2C1. The van der Waals surface area contributed by atoms with Gasteiger partial charge < -0.3 is 4.74 Å². The van der Waals surface area contributed by atoms with Gasteiger partial charge in [0.25, 0.3) is 0 Å². The predicted molar refractivity (Wildman–Crippen MR) is 59.7 cm³/mol. The normalized spacial score (nSPS) is 41.3. The quantitative estimate of drug-likeness (QED) is 0.718. The number of ketones is 2. The molecule has 1 fully saturated rings. The maximum atomic E-state index is 11.7. The maximum Gasteiger partial charge on any atom is 0.136 e. The molecule has 16 heavy (non-hydrogen) atoms. The lowest BCUT2D eigenvalue weighted by molar-refractivity contribution is -0.140. The van der Waals surface area contributed by atoms with Crippen molar-refractivity contribution in [1.29, 1.82) is 0 Å². The van der Waals surface area contributed by atoms with Crippen LogP contribution in [0.4, 0.5) is 0 Å². The van der Waals surface area contributed by atoms with Gasteiger partial charge in [-0.3, -0.25) is 9.59 Å². The zero-order valence-electron chi connectivity index (χ0n) is 10.0. The molecule has 0 aromatic rings. The fraction of sp³-hybridized carbons (Fsp3) is 0.692. The van der Waals surface area contributed by atoms with Crippen molar-refractivity contribution in [1.82, 2.24) is 0 Å². The van der Waals surface area contributed by atoms with Gasteiger partial charge in [-0.25, -0.2) is 0 Å². The van der Waals surface area contributed by atoms with Crippen LogP contribution in [0.2, 0.25) is 0 Å². The summed E-state index contributed by atoms with van der Waals surface area (Å²) in [6.07, 6.45) is 5.12. The number of hydrogen-bond donors (Lipinski definition) is 0. The molecule has 88 valence electrons. The molecule has 1 saturated carbocycles. The predicted octanol–water partition coefficient (Wildman–Crippen LogP) is 2.11. The topological polar surface area (TPSA) is 43.4 Å². The van der Waals surface area contributed by atoms with Gasteiger partial charge in [0.1, 0.15) is 17.2 Å². The van der Waals surface area contributed by atoms with Gasteiger partial charge in [-0.15, -0.1) is 0 Å². The van der Waals surface area contributed by atoms with Gasteiger partial charge in [0, 0.05) is 11.8 Å². The fourth-order valence-corrected chi connectivity index (χ4v) is 3.04. The summed E-state index contributed by atoms with van der Waals surface area (Å²) in [6.45, 7) is 5.20. The molecular formula is C13H18O3. The van der Waals surface area contributed by atoms with Gasteiger partial charge in [0.15, 0.2) is 0 Å². The Morgan fingerprint density at radius 1 is 1.25 bits per heavy atom. The van der Waals surface area contributed by atoms with Crippen molar-refractivity contribution in [3.8, 4) is 0 Å². The molecule has 0 saturated heterocycles. The van der Waals surface area contributed by atoms with E-state index in [1.54, 1.807) is 20.1 Å². The van der Waals surface area contributed by atoms with Crippen LogP contribution < -0.4 is 0 Å². The van der Waals surface area contributed by atoms with E-state index in [4.69, 9.17) is 4.74 Å². The van der Waals surface area contributed by atoms with Crippen LogP contribution in [0.5, 0.6) is 0 Å². The van der Waals surface area contributed by atoms with Crippen LogP contribution in [-0.4, -0.2) is 17.2 Å². The molecule has 0 aromatic carbocycles. The van der Waals surface area contributed by atoms with Crippen molar-refractivity contribution < 1.29 is 14.3 Å². The molecule has 1 aliphatic carbocycles. The molecule has 4 atom stereocenters. The summed E-state index contributed by atoms with van der Waals surface area (Å²) in [7, 11) is 0. The van der Waals surface area contributed by atoms with E-state index in [2.05, 4.69) is 0 Å². The number of carbonyl (C=O) groups is 2. The van der Waals surface area contributed by atoms with Crippen molar-refractivity contribution in [2.45, 2.75) is 39.2 Å². The summed E-state index contributed by atoms with van der Waals surface area (Å²) in [6, 6.07) is 0. The molecule has 2 unspecified atom stereocenters. The van der Waals surface area contributed by atoms with Crippen molar-refractivity contribution in [3.63, 3.8) is 0 Å². The highest BCUT2D eigenvalue weighted by molar-refractivity contribution is 5.83. The van der Waals surface area contributed by atoms with Gasteiger partial charge in [0.05, 0.1) is 12.2 Å². The van der Waals surface area contributed by atoms with E-state index in [0.29, 0.717) is 6.42 Å². The van der Waals surface area contributed by atoms with Crippen molar-refractivity contribution in [2.75, 3.05) is 0 Å². The molecule has 0 N–H and O–H groups in total. The van der Waals surface area contributed by atoms with Crippen molar-refractivity contribution in [3.05, 3.63) is 12.3 Å². The minimum absolute atomic E-state index is 0.0123. The third kappa shape index (κ3) is 1.58. The van der Waals surface area contributed by atoms with Crippen LogP contribution in [0.25, 0.3) is 0 Å². The number of hydrogen-bond acceptors (Lipinski definition) is 3. The highest BCUT2D eigenvalue weighted by atomic mass is 16.5. The van der Waals surface area contributed by atoms with Crippen molar-refractivity contribution in [2.24, 2.45) is 17.8 Å². The number of carbonyl (C=O) groups excluding carboxylic acids is 2. The second-order valence-corrected chi connectivity index (χ2v) is 5.18. The molecule has 2 aliphatic rings. The first-order chi connectivity index (χ1) is 7.45. The van der Waals surface area contributed by atoms with Crippen molar-refractivity contribution >= 4 is 11.6 Å². The van der Waals surface area contributed by atoms with E-state index in [-0.39, 0.29) is 29.3 Å². The summed E-state index contributed by atoms with van der Waals surface area (Å²) in [5, 5.41) is 0. The van der Waals surface area contributed by atoms with Gasteiger partial charge in [0.2, 0.25) is 0 Å². The Morgan fingerprint density at radius 3 is 2.50 bits per heavy atom. The highest BCUT2D eigenvalue weighted by Crippen LogP contribution is 2.47. The first kappa shape index (κ1) is 11.4. The van der Waals surface area contributed by atoms with E-state index in [1.165, 1.54) is 0 Å². The van der Waals surface area contributed by atoms with Crippen LogP contribution in [0, 0.1) is 17.8 Å². The van der Waals surface area contributed by atoms with Gasteiger partial charge in [-0.2, -0.15) is 0 Å². The Labute approximate surface area is 95.9 Å². The van der Waals surface area contributed by atoms with E-state index in [0.717, 1.165) is 6.42 Å². The Kier molecular flexibility index (Phi) is 2.64. The molecule has 1 heterocycles. The molecule has 0 spiro atoms. The first-order valence-corrected chi connectivity index (χ1v) is 5.80. The summed E-state index contributed by atoms with van der Waals surface area (Å²) in [4.78, 5) is 23.2. The number of rotatable bonds is 2. The lowest BCUT2D eigenvalue weighted by atomic mass is 9.64. The van der Waals surface area contributed by atoms with Gasteiger partial charge in [-0.05, 0) is 39.7 Å². The average molecular weight is 222 g/mol. The summed E-state index contributed by atoms with van der Waals surface area (Å²) >= 11 is 0. The molecule has 1 aliphatic heterocycles. The Bertz CT molecular complexity index is 358. The lowest BCUT2D eigenvalue weighted by Gasteiger charge is -2.43. The lowest BCUT2D eigenvalue weighted by Crippen LogP contribution is -2.49. The van der Waals surface area contributed by atoms with Crippen LogP contribution in [0.15, 0.2) is 12.3 Å². The summed E-state index contributed by atoms with van der Waals surface area (Å²) in [5.41, 5.74) is -0.419. The minimum atomic E-state index is -0.419. The summed E-state index contributed by atoms with van der Waals surface area (Å²) in [5.74, 6) is 0.369. The molecule has 0 radical (unpaired) electrons. The van der Waals surface area contributed by atoms with Crippen LogP contribution in [0.3, 0.4) is 0 Å². The molecule has 3 heteroatoms. The molecule has 0 bridgehead atoms. The third-order valence-corrected chi connectivity index (χ3v) is 4.19. The molecule has 3 nitrogen and oxygen atoms in total. The monoisotopic (exact) mass is 222 g/mol. The molecule has 2 rings (SSSR count). The van der Waals surface area contributed by atoms with E-state index >= 15 is 0 Å². The van der Waals surface area contributed by atoms with Gasteiger partial charge >= 0.3 is 0 Å². The maximum absolute atomic E-state index is 11.7. The average Bonchev–Trinajstić information content (AvgIpc) is 2.56. The smallest absolute Gasteiger partial charge is 0.136 e. The second kappa shape index (κ2) is 3.72. The fourth-order valence-electron chi connectivity index (χ4n) is 3.04. The number of Topliss-reactive ketones (excluding diaryl/α,β-unsaturated/α-hetero) is 2. The third-order valence-electron chi connectivity index (χ3n) is 4.19. The Morgan fingerprint density at radius 2 is 1.94 bits per heavy atom. The number of fused-ring (bicyclic) bond motifs is 1. The largest absolute Gasteiger partial charge is 0.494 e. The van der Waals surface area contributed by atoms with E-state index < -0.39 is 5.60 Å². The van der Waals surface area contributed by atoms with E-state index in [1.807, 2.05) is 13.0 Å². The zero-order chi connectivity index (χ0) is 11.9. The Hall–Kier alpha value is -1.12. The Balaban J connectivity index is 2.28. The molecule has 0 amide bonds. The van der Waals surface area contributed by atoms with E-state index in [9.17, 15) is 9.59 Å². The zero-order valence-corrected chi connectivity index (χ0v) is 10.0. The summed E-state index contributed by atoms with van der Waals surface area (Å²) < 4.78 is 5.63. The standard InChI is InChI=1S/C13H18O3/c1-8(14)10-6-11-4-5-16-13(11,3)12(7-10)9(2)15/h4-5,10-12H,6-7H2,1-3H3/t10?,11-,12?,13-/m0/s1. The first-order valence-electron chi connectivity index (χ1n) is 5.80. The van der Waals surface area contributed by atoms with Crippen LogP contribution in [0.1, 0.15) is 33.6 Å². The minimum Gasteiger partial charge on any atom is -0.494 e. The second-order valence-electron chi connectivity index (χ2n) is 5.18. The number of ether oxygens (including phenoxy) is 1. The molecule has 0 aromatic heterocycles. The van der Waals surface area contributed by atoms with Gasteiger partial charge in [-0.1, -0.05) is 0 Å². The van der Waals surface area contributed by atoms with Crippen LogP contribution in [-0.2, 0) is 14.3 Å². The van der Waals surface area contributed by atoms with Crippen LogP contribution >= 0.6 is 0 Å².